The van der Waals surface area contributed by atoms with Crippen LogP contribution in [-0.4, -0.2) is 37.3 Å². The third kappa shape index (κ3) is 3.49. The molecule has 0 saturated carbocycles. The standard InChI is InChI=1S/C16H27N3O/c1-11(2)17-9-15-12(3)8-13(4)18-16(15)19(5)14-6-7-20-10-14/h8,11,14,17H,6-7,9-10H2,1-5H3. The van der Waals surface area contributed by atoms with E-state index in [4.69, 9.17) is 9.72 Å². The van der Waals surface area contributed by atoms with E-state index in [1.54, 1.807) is 0 Å². The summed E-state index contributed by atoms with van der Waals surface area (Å²) in [7, 11) is 2.14. The van der Waals surface area contributed by atoms with Crippen molar-refractivity contribution in [2.24, 2.45) is 0 Å². The van der Waals surface area contributed by atoms with Gasteiger partial charge in [-0.15, -0.1) is 0 Å². The molecule has 2 rings (SSSR count). The molecule has 1 N–H and O–H groups in total. The smallest absolute Gasteiger partial charge is 0.133 e. The Morgan fingerprint density at radius 2 is 2.20 bits per heavy atom. The van der Waals surface area contributed by atoms with Crippen LogP contribution in [-0.2, 0) is 11.3 Å². The molecule has 0 aliphatic carbocycles. The Morgan fingerprint density at radius 1 is 1.45 bits per heavy atom. The first-order valence-corrected chi connectivity index (χ1v) is 7.50. The number of ether oxygens (including phenoxy) is 1. The summed E-state index contributed by atoms with van der Waals surface area (Å²) in [6, 6.07) is 3.09. The predicted octanol–water partition coefficient (Wildman–Crippen LogP) is 2.42. The summed E-state index contributed by atoms with van der Waals surface area (Å²) in [5, 5.41) is 3.51. The number of nitrogens with zero attached hydrogens (tertiary/aromatic N) is 2. The van der Waals surface area contributed by atoms with Gasteiger partial charge in [0.15, 0.2) is 0 Å². The van der Waals surface area contributed by atoms with Crippen LogP contribution in [0.4, 0.5) is 5.82 Å². The van der Waals surface area contributed by atoms with Crippen molar-refractivity contribution in [2.45, 2.75) is 52.7 Å². The molecule has 4 nitrogen and oxygen atoms in total. The summed E-state index contributed by atoms with van der Waals surface area (Å²) in [5.74, 6) is 1.10. The highest BCUT2D eigenvalue weighted by Crippen LogP contribution is 2.25. The highest BCUT2D eigenvalue weighted by molar-refractivity contribution is 5.52. The van der Waals surface area contributed by atoms with Gasteiger partial charge in [0, 0.05) is 37.5 Å². The highest BCUT2D eigenvalue weighted by atomic mass is 16.5. The lowest BCUT2D eigenvalue weighted by Crippen LogP contribution is -2.34. The van der Waals surface area contributed by atoms with E-state index in [0.717, 1.165) is 37.7 Å². The van der Waals surface area contributed by atoms with Gasteiger partial charge in [0.25, 0.3) is 0 Å². The van der Waals surface area contributed by atoms with E-state index in [1.807, 2.05) is 0 Å². The Kier molecular flexibility index (Phi) is 5.00. The minimum absolute atomic E-state index is 0.446. The summed E-state index contributed by atoms with van der Waals surface area (Å²) in [6.45, 7) is 11.1. The van der Waals surface area contributed by atoms with E-state index >= 15 is 0 Å². The molecule has 0 aromatic carbocycles. The van der Waals surface area contributed by atoms with Crippen molar-refractivity contribution in [1.82, 2.24) is 10.3 Å². The third-order valence-corrected chi connectivity index (χ3v) is 3.93. The number of hydrogen-bond acceptors (Lipinski definition) is 4. The van der Waals surface area contributed by atoms with Crippen molar-refractivity contribution in [3.05, 3.63) is 22.9 Å². The first-order chi connectivity index (χ1) is 9.49. The van der Waals surface area contributed by atoms with Crippen LogP contribution in [0.1, 0.15) is 37.1 Å². The molecule has 4 heteroatoms. The molecular formula is C16H27N3O. The van der Waals surface area contributed by atoms with Gasteiger partial charge in [-0.2, -0.15) is 0 Å². The summed E-state index contributed by atoms with van der Waals surface area (Å²) >= 11 is 0. The molecule has 0 radical (unpaired) electrons. The van der Waals surface area contributed by atoms with Gasteiger partial charge in [0.05, 0.1) is 12.6 Å². The molecule has 1 fully saturated rings. The molecule has 0 spiro atoms. The van der Waals surface area contributed by atoms with Crippen LogP contribution in [0.3, 0.4) is 0 Å². The van der Waals surface area contributed by atoms with Crippen LogP contribution in [0.5, 0.6) is 0 Å². The Balaban J connectivity index is 2.28. The number of anilines is 1. The number of likely N-dealkylation sites (N-methyl/N-ethyl adjacent to an activating group) is 1. The van der Waals surface area contributed by atoms with Gasteiger partial charge >= 0.3 is 0 Å². The molecule has 0 amide bonds. The number of hydrogen-bond donors (Lipinski definition) is 1. The van der Waals surface area contributed by atoms with Gasteiger partial charge < -0.3 is 15.0 Å². The van der Waals surface area contributed by atoms with Gasteiger partial charge in [0.1, 0.15) is 5.82 Å². The minimum atomic E-state index is 0.446. The Labute approximate surface area is 122 Å². The lowest BCUT2D eigenvalue weighted by atomic mass is 10.1. The molecule has 2 heterocycles. The van der Waals surface area contributed by atoms with Crippen molar-refractivity contribution in [3.63, 3.8) is 0 Å². The zero-order chi connectivity index (χ0) is 14.7. The number of rotatable bonds is 5. The molecule has 1 aromatic rings. The fourth-order valence-electron chi connectivity index (χ4n) is 2.66. The van der Waals surface area contributed by atoms with Crippen LogP contribution in [0.2, 0.25) is 0 Å². The molecule has 0 bridgehead atoms. The largest absolute Gasteiger partial charge is 0.379 e. The summed E-state index contributed by atoms with van der Waals surface area (Å²) in [5.41, 5.74) is 3.70. The van der Waals surface area contributed by atoms with Gasteiger partial charge in [-0.25, -0.2) is 4.98 Å². The molecule has 112 valence electrons. The van der Waals surface area contributed by atoms with E-state index in [9.17, 15) is 0 Å². The number of pyridine rings is 1. The van der Waals surface area contributed by atoms with Crippen LogP contribution in [0, 0.1) is 13.8 Å². The molecule has 20 heavy (non-hydrogen) atoms. The second-order valence-electron chi connectivity index (χ2n) is 6.05. The lowest BCUT2D eigenvalue weighted by molar-refractivity contribution is 0.193. The lowest BCUT2D eigenvalue weighted by Gasteiger charge is -2.28. The van der Waals surface area contributed by atoms with Gasteiger partial charge in [-0.1, -0.05) is 13.8 Å². The van der Waals surface area contributed by atoms with Crippen molar-refractivity contribution in [3.8, 4) is 0 Å². The highest BCUT2D eigenvalue weighted by Gasteiger charge is 2.24. The molecule has 1 saturated heterocycles. The van der Waals surface area contributed by atoms with Gasteiger partial charge in [-0.05, 0) is 31.9 Å². The fourth-order valence-corrected chi connectivity index (χ4v) is 2.66. The maximum atomic E-state index is 5.51. The Bertz CT molecular complexity index is 453. The van der Waals surface area contributed by atoms with Crippen molar-refractivity contribution in [2.75, 3.05) is 25.2 Å². The van der Waals surface area contributed by atoms with Crippen LogP contribution < -0.4 is 10.2 Å². The third-order valence-electron chi connectivity index (χ3n) is 3.93. The molecule has 1 atom stereocenters. The van der Waals surface area contributed by atoms with Gasteiger partial charge in [-0.3, -0.25) is 0 Å². The summed E-state index contributed by atoms with van der Waals surface area (Å²) in [6.07, 6.45) is 1.09. The average molecular weight is 277 g/mol. The monoisotopic (exact) mass is 277 g/mol. The molecule has 1 aliphatic heterocycles. The number of aryl methyl sites for hydroxylation is 2. The Hall–Kier alpha value is -1.13. The number of nitrogens with one attached hydrogen (secondary N) is 1. The van der Waals surface area contributed by atoms with Crippen LogP contribution in [0.25, 0.3) is 0 Å². The Morgan fingerprint density at radius 3 is 2.80 bits per heavy atom. The van der Waals surface area contributed by atoms with E-state index < -0.39 is 0 Å². The van der Waals surface area contributed by atoms with E-state index in [0.29, 0.717) is 12.1 Å². The molecule has 1 unspecified atom stereocenters. The fraction of sp³-hybridized carbons (Fsp3) is 0.688. The van der Waals surface area contributed by atoms with E-state index in [2.05, 4.69) is 51.0 Å². The van der Waals surface area contributed by atoms with Gasteiger partial charge in [0.2, 0.25) is 0 Å². The predicted molar refractivity (Wildman–Crippen MR) is 83.3 cm³/mol. The van der Waals surface area contributed by atoms with E-state index in [-0.39, 0.29) is 0 Å². The summed E-state index contributed by atoms with van der Waals surface area (Å²) < 4.78 is 5.51. The first-order valence-electron chi connectivity index (χ1n) is 7.50. The molecule has 1 aromatic heterocycles. The second kappa shape index (κ2) is 6.55. The summed E-state index contributed by atoms with van der Waals surface area (Å²) in [4.78, 5) is 7.08. The maximum absolute atomic E-state index is 5.51. The minimum Gasteiger partial charge on any atom is -0.379 e. The van der Waals surface area contributed by atoms with E-state index in [1.165, 1.54) is 11.1 Å². The van der Waals surface area contributed by atoms with Crippen molar-refractivity contribution >= 4 is 5.82 Å². The molecule has 1 aliphatic rings. The second-order valence-corrected chi connectivity index (χ2v) is 6.05. The van der Waals surface area contributed by atoms with Crippen molar-refractivity contribution < 1.29 is 4.74 Å². The molecular weight excluding hydrogens is 250 g/mol. The zero-order valence-electron chi connectivity index (χ0n) is 13.4. The van der Waals surface area contributed by atoms with Crippen LogP contribution in [0.15, 0.2) is 6.07 Å². The average Bonchev–Trinajstić information content (AvgIpc) is 2.89. The SMILES string of the molecule is Cc1cc(C)c(CNC(C)C)c(N(C)C2CCOC2)n1. The zero-order valence-corrected chi connectivity index (χ0v) is 13.4. The van der Waals surface area contributed by atoms with Crippen molar-refractivity contribution in [1.29, 1.82) is 0 Å². The van der Waals surface area contributed by atoms with Crippen LogP contribution >= 0.6 is 0 Å². The normalized spacial score (nSPS) is 18.8. The number of aromatic nitrogens is 1. The quantitative estimate of drug-likeness (QED) is 0.897. The maximum Gasteiger partial charge on any atom is 0.133 e. The topological polar surface area (TPSA) is 37.4 Å². The first kappa shape index (κ1) is 15.3.